The van der Waals surface area contributed by atoms with Gasteiger partial charge in [0.25, 0.3) is 0 Å². The molecule has 0 saturated heterocycles. The first-order valence-electron chi connectivity index (χ1n) is 9.84. The first-order valence-corrected chi connectivity index (χ1v) is 10.8. The van der Waals surface area contributed by atoms with E-state index in [1.165, 1.54) is 12.1 Å². The number of alkyl halides is 3. The van der Waals surface area contributed by atoms with E-state index in [4.69, 9.17) is 0 Å². The predicted molar refractivity (Wildman–Crippen MR) is 120 cm³/mol. The highest BCUT2D eigenvalue weighted by Gasteiger charge is 2.30. The molecule has 0 aliphatic heterocycles. The number of aryl methyl sites for hydroxylation is 1. The molecule has 0 unspecified atom stereocenters. The fraction of sp³-hybridized carbons (Fsp3) is 0.130. The zero-order chi connectivity index (χ0) is 23.4. The topological polar surface area (TPSA) is 72.7 Å². The van der Waals surface area contributed by atoms with Gasteiger partial charge in [-0.3, -0.25) is 14.3 Å². The summed E-state index contributed by atoms with van der Waals surface area (Å²) in [4.78, 5) is 16.5. The van der Waals surface area contributed by atoms with Gasteiger partial charge in [-0.1, -0.05) is 35.5 Å². The minimum Gasteiger partial charge on any atom is -0.325 e. The largest absolute Gasteiger partial charge is 0.416 e. The third-order valence-electron chi connectivity index (χ3n) is 4.67. The number of nitrogens with one attached hydrogen (secondary N) is 1. The molecule has 168 valence electrons. The van der Waals surface area contributed by atoms with Crippen LogP contribution in [-0.4, -0.2) is 31.4 Å². The SMILES string of the molecule is Cc1ccc(-n2c(SCC(=O)Nc3cccc(C(F)(F)F)c3)nnc2-c2ccncc2)cc1. The van der Waals surface area contributed by atoms with Gasteiger partial charge in [0, 0.05) is 29.3 Å². The first kappa shape index (κ1) is 22.5. The number of hydrogen-bond donors (Lipinski definition) is 1. The maximum absolute atomic E-state index is 12.9. The van der Waals surface area contributed by atoms with Crippen LogP contribution < -0.4 is 5.32 Å². The van der Waals surface area contributed by atoms with Crippen molar-refractivity contribution >= 4 is 23.4 Å². The van der Waals surface area contributed by atoms with E-state index in [0.29, 0.717) is 11.0 Å². The molecule has 0 radical (unpaired) electrons. The number of pyridine rings is 1. The van der Waals surface area contributed by atoms with Gasteiger partial charge in [0.05, 0.1) is 11.3 Å². The van der Waals surface area contributed by atoms with Crippen LogP contribution in [0.1, 0.15) is 11.1 Å². The summed E-state index contributed by atoms with van der Waals surface area (Å²) in [7, 11) is 0. The van der Waals surface area contributed by atoms with Crippen LogP contribution in [0.4, 0.5) is 18.9 Å². The summed E-state index contributed by atoms with van der Waals surface area (Å²) in [6.07, 6.45) is -1.18. The van der Waals surface area contributed by atoms with Gasteiger partial charge in [0.2, 0.25) is 5.91 Å². The maximum atomic E-state index is 12.9. The van der Waals surface area contributed by atoms with Crippen molar-refractivity contribution in [2.45, 2.75) is 18.3 Å². The molecular weight excluding hydrogens is 451 g/mol. The highest BCUT2D eigenvalue weighted by atomic mass is 32.2. The Kier molecular flexibility index (Phi) is 6.45. The molecule has 2 heterocycles. The summed E-state index contributed by atoms with van der Waals surface area (Å²) in [6.45, 7) is 1.98. The van der Waals surface area contributed by atoms with Crippen LogP contribution in [0.25, 0.3) is 17.1 Å². The van der Waals surface area contributed by atoms with E-state index in [1.807, 2.05) is 47.9 Å². The number of aromatic nitrogens is 4. The van der Waals surface area contributed by atoms with Gasteiger partial charge >= 0.3 is 6.18 Å². The average molecular weight is 469 g/mol. The van der Waals surface area contributed by atoms with Gasteiger partial charge in [-0.25, -0.2) is 0 Å². The number of carbonyl (C=O) groups is 1. The summed E-state index contributed by atoms with van der Waals surface area (Å²) in [5.41, 5.74) is 1.96. The van der Waals surface area contributed by atoms with Crippen LogP contribution >= 0.6 is 11.8 Å². The minimum atomic E-state index is -4.48. The quantitative estimate of drug-likeness (QED) is 0.384. The highest BCUT2D eigenvalue weighted by Crippen LogP contribution is 2.31. The highest BCUT2D eigenvalue weighted by molar-refractivity contribution is 7.99. The second kappa shape index (κ2) is 9.45. The van der Waals surface area contributed by atoms with E-state index in [9.17, 15) is 18.0 Å². The van der Waals surface area contributed by atoms with Crippen molar-refractivity contribution < 1.29 is 18.0 Å². The Bertz CT molecular complexity index is 1260. The Morgan fingerprint density at radius 3 is 2.45 bits per heavy atom. The molecule has 0 aliphatic rings. The average Bonchev–Trinajstić information content (AvgIpc) is 3.22. The molecule has 2 aromatic carbocycles. The molecular formula is C23H18F3N5OS. The minimum absolute atomic E-state index is 0.0589. The Balaban J connectivity index is 1.55. The molecule has 0 fully saturated rings. The molecule has 1 amide bonds. The number of halogens is 3. The number of rotatable bonds is 6. The molecule has 2 aromatic heterocycles. The normalized spacial score (nSPS) is 11.4. The van der Waals surface area contributed by atoms with Crippen LogP contribution in [0.5, 0.6) is 0 Å². The molecule has 1 N–H and O–H groups in total. The second-order valence-corrected chi connectivity index (χ2v) is 8.07. The summed E-state index contributed by atoms with van der Waals surface area (Å²) in [5.74, 6) is 0.0709. The summed E-state index contributed by atoms with van der Waals surface area (Å²) in [6, 6.07) is 15.9. The molecule has 6 nitrogen and oxygen atoms in total. The third kappa shape index (κ3) is 5.40. The number of hydrogen-bond acceptors (Lipinski definition) is 5. The molecule has 4 aromatic rings. The van der Waals surface area contributed by atoms with Crippen LogP contribution in [0.2, 0.25) is 0 Å². The molecule has 0 aliphatic carbocycles. The van der Waals surface area contributed by atoms with Crippen molar-refractivity contribution in [1.29, 1.82) is 0 Å². The van der Waals surface area contributed by atoms with Gasteiger partial charge in [-0.2, -0.15) is 13.2 Å². The lowest BCUT2D eigenvalue weighted by Crippen LogP contribution is -2.15. The van der Waals surface area contributed by atoms with Crippen molar-refractivity contribution in [3.8, 4) is 17.1 Å². The van der Waals surface area contributed by atoms with Crippen molar-refractivity contribution in [3.05, 3.63) is 84.2 Å². The van der Waals surface area contributed by atoms with Crippen LogP contribution in [0, 0.1) is 6.92 Å². The van der Waals surface area contributed by atoms with Crippen molar-refractivity contribution in [1.82, 2.24) is 19.7 Å². The number of carbonyl (C=O) groups excluding carboxylic acids is 1. The van der Waals surface area contributed by atoms with E-state index in [0.717, 1.165) is 40.7 Å². The molecule has 0 atom stereocenters. The maximum Gasteiger partial charge on any atom is 0.416 e. The van der Waals surface area contributed by atoms with Gasteiger partial charge in [0.15, 0.2) is 11.0 Å². The molecule has 10 heteroatoms. The van der Waals surface area contributed by atoms with Gasteiger partial charge < -0.3 is 5.32 Å². The standard InChI is InChI=1S/C23H18F3N5OS/c1-15-5-7-19(8-6-15)31-21(16-9-11-27-12-10-16)29-30-22(31)33-14-20(32)28-18-4-2-3-17(13-18)23(24,25)26/h2-13H,14H2,1H3,(H,28,32). The smallest absolute Gasteiger partial charge is 0.325 e. The van der Waals surface area contributed by atoms with Crippen molar-refractivity contribution in [2.24, 2.45) is 0 Å². The van der Waals surface area contributed by atoms with E-state index in [2.05, 4.69) is 20.5 Å². The van der Waals surface area contributed by atoms with E-state index >= 15 is 0 Å². The van der Waals surface area contributed by atoms with Crippen molar-refractivity contribution in [2.75, 3.05) is 11.1 Å². The molecule has 33 heavy (non-hydrogen) atoms. The first-order chi connectivity index (χ1) is 15.8. The number of benzene rings is 2. The number of nitrogens with zero attached hydrogens (tertiary/aromatic N) is 4. The van der Waals surface area contributed by atoms with Crippen molar-refractivity contribution in [3.63, 3.8) is 0 Å². The lowest BCUT2D eigenvalue weighted by molar-refractivity contribution is -0.137. The fourth-order valence-electron chi connectivity index (χ4n) is 3.08. The summed E-state index contributed by atoms with van der Waals surface area (Å²) in [5, 5.41) is 11.5. The number of anilines is 1. The lowest BCUT2D eigenvalue weighted by atomic mass is 10.2. The third-order valence-corrected chi connectivity index (χ3v) is 5.60. The van der Waals surface area contributed by atoms with Crippen LogP contribution in [0.15, 0.2) is 78.2 Å². The molecule has 0 spiro atoms. The Hall–Kier alpha value is -3.66. The Morgan fingerprint density at radius 2 is 1.76 bits per heavy atom. The Labute approximate surface area is 191 Å². The summed E-state index contributed by atoms with van der Waals surface area (Å²) >= 11 is 1.14. The predicted octanol–water partition coefficient (Wildman–Crippen LogP) is 5.39. The molecule has 4 rings (SSSR count). The lowest BCUT2D eigenvalue weighted by Gasteiger charge is -2.11. The van der Waals surface area contributed by atoms with Gasteiger partial charge in [0.1, 0.15) is 0 Å². The summed E-state index contributed by atoms with van der Waals surface area (Å²) < 4.78 is 40.6. The Morgan fingerprint density at radius 1 is 1.03 bits per heavy atom. The molecule has 0 bridgehead atoms. The van der Waals surface area contributed by atoms with E-state index in [-0.39, 0.29) is 11.4 Å². The van der Waals surface area contributed by atoms with Gasteiger partial charge in [-0.15, -0.1) is 10.2 Å². The number of amides is 1. The van der Waals surface area contributed by atoms with Gasteiger partial charge in [-0.05, 0) is 49.4 Å². The molecule has 0 saturated carbocycles. The zero-order valence-corrected chi connectivity index (χ0v) is 18.2. The van der Waals surface area contributed by atoms with Crippen LogP contribution in [-0.2, 0) is 11.0 Å². The van der Waals surface area contributed by atoms with Crippen LogP contribution in [0.3, 0.4) is 0 Å². The van der Waals surface area contributed by atoms with E-state index < -0.39 is 17.6 Å². The monoisotopic (exact) mass is 469 g/mol. The number of thioether (sulfide) groups is 1. The second-order valence-electron chi connectivity index (χ2n) is 7.13. The zero-order valence-electron chi connectivity index (χ0n) is 17.4. The fourth-order valence-corrected chi connectivity index (χ4v) is 3.83. The van der Waals surface area contributed by atoms with E-state index in [1.54, 1.807) is 12.4 Å².